The minimum atomic E-state index is -0.600. The number of nitrogens with zero attached hydrogens (tertiary/aromatic N) is 1. The molecule has 0 saturated heterocycles. The van der Waals surface area contributed by atoms with Crippen molar-refractivity contribution in [3.63, 3.8) is 0 Å². The summed E-state index contributed by atoms with van der Waals surface area (Å²) < 4.78 is 0. The molecule has 0 aliphatic heterocycles. The predicted molar refractivity (Wildman–Crippen MR) is 75.3 cm³/mol. The van der Waals surface area contributed by atoms with Crippen molar-refractivity contribution in [2.24, 2.45) is 17.6 Å². The van der Waals surface area contributed by atoms with Gasteiger partial charge in [-0.3, -0.25) is 4.79 Å². The van der Waals surface area contributed by atoms with E-state index in [1.807, 2.05) is 13.8 Å². The molecule has 3 N–H and O–H groups in total. The van der Waals surface area contributed by atoms with Gasteiger partial charge >= 0.3 is 0 Å². The summed E-state index contributed by atoms with van der Waals surface area (Å²) in [5, 5.41) is 3.22. The van der Waals surface area contributed by atoms with Gasteiger partial charge in [0.15, 0.2) is 0 Å². The molecule has 1 aliphatic carbocycles. The monoisotopic (exact) mass is 255 g/mol. The summed E-state index contributed by atoms with van der Waals surface area (Å²) in [5.74, 6) is 1.46. The lowest BCUT2D eigenvalue weighted by Crippen LogP contribution is -2.56. The molecule has 4 heteroatoms. The minimum Gasteiger partial charge on any atom is -0.368 e. The molecule has 0 radical (unpaired) electrons. The van der Waals surface area contributed by atoms with E-state index in [1.165, 1.54) is 6.42 Å². The van der Waals surface area contributed by atoms with Crippen LogP contribution in [0.4, 0.5) is 0 Å². The molecule has 0 heterocycles. The van der Waals surface area contributed by atoms with Gasteiger partial charge in [0.25, 0.3) is 0 Å². The Hall–Kier alpha value is -0.610. The van der Waals surface area contributed by atoms with E-state index < -0.39 is 5.54 Å². The predicted octanol–water partition coefficient (Wildman–Crippen LogP) is 1.21. The zero-order valence-electron chi connectivity index (χ0n) is 12.5. The Morgan fingerprint density at radius 3 is 2.56 bits per heavy atom. The Labute approximate surface area is 111 Å². The molecule has 0 aromatic rings. The Kier molecular flexibility index (Phi) is 5.17. The molecule has 18 heavy (non-hydrogen) atoms. The first-order valence-corrected chi connectivity index (χ1v) is 7.05. The number of likely N-dealkylation sites (N-methyl/N-ethyl adjacent to an activating group) is 1. The van der Waals surface area contributed by atoms with Crippen LogP contribution in [0.25, 0.3) is 0 Å². The Balaban J connectivity index is 2.49. The molecule has 1 amide bonds. The third kappa shape index (κ3) is 3.95. The third-order valence-corrected chi connectivity index (χ3v) is 4.37. The quantitative estimate of drug-likeness (QED) is 0.685. The van der Waals surface area contributed by atoms with Gasteiger partial charge in [-0.05, 0) is 52.1 Å². The van der Waals surface area contributed by atoms with Gasteiger partial charge in [-0.15, -0.1) is 0 Å². The van der Waals surface area contributed by atoms with Crippen molar-refractivity contribution in [2.75, 3.05) is 20.1 Å². The van der Waals surface area contributed by atoms with Crippen LogP contribution in [0.5, 0.6) is 0 Å². The van der Waals surface area contributed by atoms with Crippen LogP contribution >= 0.6 is 0 Å². The summed E-state index contributed by atoms with van der Waals surface area (Å²) in [6, 6.07) is 0.356. The molecule has 106 valence electrons. The van der Waals surface area contributed by atoms with Gasteiger partial charge < -0.3 is 16.0 Å². The smallest absolute Gasteiger partial charge is 0.237 e. The van der Waals surface area contributed by atoms with Crippen molar-refractivity contribution in [2.45, 2.75) is 52.1 Å². The standard InChI is InChI=1S/C14H29N3O/c1-6-16-14(4,13(15)18)8-11(3)17(5)9-12-7-10(12)2/h10-12,16H,6-9H2,1-5H3,(H2,15,18). The summed E-state index contributed by atoms with van der Waals surface area (Å²) >= 11 is 0. The molecule has 4 nitrogen and oxygen atoms in total. The van der Waals surface area contributed by atoms with Gasteiger partial charge in [0.05, 0.1) is 5.54 Å². The van der Waals surface area contributed by atoms with Crippen LogP contribution in [-0.2, 0) is 4.79 Å². The molecule has 0 bridgehead atoms. The largest absolute Gasteiger partial charge is 0.368 e. The Morgan fingerprint density at radius 1 is 1.61 bits per heavy atom. The molecule has 4 atom stereocenters. The van der Waals surface area contributed by atoms with Gasteiger partial charge in [0.1, 0.15) is 0 Å². The maximum absolute atomic E-state index is 11.6. The number of nitrogens with two attached hydrogens (primary N) is 1. The Morgan fingerprint density at radius 2 is 2.17 bits per heavy atom. The summed E-state index contributed by atoms with van der Waals surface area (Å²) in [6.07, 6.45) is 2.10. The summed E-state index contributed by atoms with van der Waals surface area (Å²) in [6.45, 7) is 10.3. The molecule has 0 aromatic heterocycles. The second kappa shape index (κ2) is 6.02. The van der Waals surface area contributed by atoms with Crippen LogP contribution in [0.1, 0.15) is 40.5 Å². The van der Waals surface area contributed by atoms with Crippen molar-refractivity contribution in [3.05, 3.63) is 0 Å². The maximum atomic E-state index is 11.6. The van der Waals surface area contributed by atoms with Gasteiger partial charge in [-0.25, -0.2) is 0 Å². The number of rotatable bonds is 8. The van der Waals surface area contributed by atoms with E-state index in [0.717, 1.165) is 31.3 Å². The van der Waals surface area contributed by atoms with Crippen molar-refractivity contribution in [3.8, 4) is 0 Å². The first-order valence-electron chi connectivity index (χ1n) is 7.05. The van der Waals surface area contributed by atoms with E-state index >= 15 is 0 Å². The molecule has 1 fully saturated rings. The van der Waals surface area contributed by atoms with E-state index in [9.17, 15) is 4.79 Å². The number of nitrogens with one attached hydrogen (secondary N) is 1. The van der Waals surface area contributed by atoms with Crippen molar-refractivity contribution in [1.82, 2.24) is 10.2 Å². The van der Waals surface area contributed by atoms with Crippen LogP contribution in [0.2, 0.25) is 0 Å². The lowest BCUT2D eigenvalue weighted by atomic mass is 9.92. The normalized spacial score (nSPS) is 27.9. The number of hydrogen-bond acceptors (Lipinski definition) is 3. The molecular weight excluding hydrogens is 226 g/mol. The average Bonchev–Trinajstić information content (AvgIpc) is 2.94. The molecular formula is C14H29N3O. The second-order valence-corrected chi connectivity index (χ2v) is 6.19. The van der Waals surface area contributed by atoms with Crippen LogP contribution in [0.15, 0.2) is 0 Å². The molecule has 1 rings (SSSR count). The topological polar surface area (TPSA) is 58.4 Å². The van der Waals surface area contributed by atoms with Crippen molar-refractivity contribution >= 4 is 5.91 Å². The van der Waals surface area contributed by atoms with Crippen LogP contribution in [0, 0.1) is 11.8 Å². The van der Waals surface area contributed by atoms with E-state index in [1.54, 1.807) is 0 Å². The minimum absolute atomic E-state index is 0.260. The highest BCUT2D eigenvalue weighted by Gasteiger charge is 2.36. The maximum Gasteiger partial charge on any atom is 0.237 e. The molecule has 1 saturated carbocycles. The molecule has 1 aliphatic rings. The Bertz CT molecular complexity index is 295. The van der Waals surface area contributed by atoms with E-state index in [-0.39, 0.29) is 5.91 Å². The fourth-order valence-electron chi connectivity index (χ4n) is 2.60. The number of carbonyl (C=O) groups excluding carboxylic acids is 1. The van der Waals surface area contributed by atoms with E-state index in [4.69, 9.17) is 5.73 Å². The molecule has 4 unspecified atom stereocenters. The number of primary amides is 1. The lowest BCUT2D eigenvalue weighted by Gasteiger charge is -2.34. The van der Waals surface area contributed by atoms with Crippen molar-refractivity contribution < 1.29 is 4.79 Å². The van der Waals surface area contributed by atoms with Crippen LogP contribution < -0.4 is 11.1 Å². The summed E-state index contributed by atoms with van der Waals surface area (Å²) in [7, 11) is 2.14. The fourth-order valence-corrected chi connectivity index (χ4v) is 2.60. The fraction of sp³-hybridized carbons (Fsp3) is 0.929. The first-order chi connectivity index (χ1) is 8.30. The van der Waals surface area contributed by atoms with Crippen LogP contribution in [0.3, 0.4) is 0 Å². The first kappa shape index (κ1) is 15.4. The van der Waals surface area contributed by atoms with Gasteiger partial charge in [-0.1, -0.05) is 13.8 Å². The summed E-state index contributed by atoms with van der Waals surface area (Å²) in [5.41, 5.74) is 4.92. The van der Waals surface area contributed by atoms with Gasteiger partial charge in [0.2, 0.25) is 5.91 Å². The highest BCUT2D eigenvalue weighted by Crippen LogP contribution is 2.38. The van der Waals surface area contributed by atoms with Crippen molar-refractivity contribution in [1.29, 1.82) is 0 Å². The second-order valence-electron chi connectivity index (χ2n) is 6.19. The van der Waals surface area contributed by atoms with Gasteiger partial charge in [0, 0.05) is 12.6 Å². The molecule has 0 spiro atoms. The molecule has 0 aromatic carbocycles. The highest BCUT2D eigenvalue weighted by atomic mass is 16.1. The van der Waals surface area contributed by atoms with Gasteiger partial charge in [-0.2, -0.15) is 0 Å². The highest BCUT2D eigenvalue weighted by molar-refractivity contribution is 5.84. The third-order valence-electron chi connectivity index (χ3n) is 4.37. The average molecular weight is 255 g/mol. The van der Waals surface area contributed by atoms with Crippen LogP contribution in [-0.4, -0.2) is 42.5 Å². The number of hydrogen-bond donors (Lipinski definition) is 2. The number of amides is 1. The van der Waals surface area contributed by atoms with E-state index in [2.05, 4.69) is 31.1 Å². The zero-order valence-corrected chi connectivity index (χ0v) is 12.5. The zero-order chi connectivity index (χ0) is 13.9. The SMILES string of the molecule is CCNC(C)(CC(C)N(C)CC1CC1C)C(N)=O. The summed E-state index contributed by atoms with van der Waals surface area (Å²) in [4.78, 5) is 14.0. The lowest BCUT2D eigenvalue weighted by molar-refractivity contribution is -0.124. The number of carbonyl (C=O) groups is 1. The van der Waals surface area contributed by atoms with E-state index in [0.29, 0.717) is 6.04 Å².